The van der Waals surface area contributed by atoms with Gasteiger partial charge in [0.1, 0.15) is 5.02 Å². The van der Waals surface area contributed by atoms with Crippen LogP contribution >= 0.6 is 23.2 Å². The molecule has 0 atom stereocenters. The topological polar surface area (TPSA) is 57.8 Å². The van der Waals surface area contributed by atoms with E-state index in [4.69, 9.17) is 23.2 Å². The van der Waals surface area contributed by atoms with Crippen LogP contribution in [0.4, 0.5) is 5.69 Å². The van der Waals surface area contributed by atoms with Gasteiger partial charge in [0.2, 0.25) is 0 Å². The number of aromatic amines is 1. The second-order valence-electron chi connectivity index (χ2n) is 5.07. The first kappa shape index (κ1) is 13.5. The van der Waals surface area contributed by atoms with E-state index in [0.29, 0.717) is 5.69 Å². The molecule has 0 bridgehead atoms. The third kappa shape index (κ3) is 2.53. The van der Waals surface area contributed by atoms with Crippen LogP contribution in [0.25, 0.3) is 0 Å². The van der Waals surface area contributed by atoms with Gasteiger partial charge in [0, 0.05) is 17.0 Å². The number of nitrogens with one attached hydrogen (secondary N) is 2. The van der Waals surface area contributed by atoms with Crippen molar-refractivity contribution in [2.75, 3.05) is 11.9 Å². The maximum absolute atomic E-state index is 11.4. The molecule has 0 unspecified atom stereocenters. The number of rotatable bonds is 4. The standard InChI is InChI=1S/C14H13Cl2N3O/c15-10-3-1-9(2-4-10)14(5-6-14)8-17-11-7-18-19-13(20)12(11)16/h1-4,7H,5-6,8H2,(H2,17,19,20). The normalized spacial score (nSPS) is 15.9. The molecule has 1 aliphatic rings. The number of aromatic nitrogens is 2. The molecule has 2 aromatic rings. The summed E-state index contributed by atoms with van der Waals surface area (Å²) in [6, 6.07) is 7.90. The molecule has 0 radical (unpaired) electrons. The van der Waals surface area contributed by atoms with E-state index >= 15 is 0 Å². The van der Waals surface area contributed by atoms with Crippen LogP contribution in [0.3, 0.4) is 0 Å². The molecule has 1 fully saturated rings. The molecule has 4 nitrogen and oxygen atoms in total. The van der Waals surface area contributed by atoms with Crippen molar-refractivity contribution in [3.8, 4) is 0 Å². The first-order valence-corrected chi connectivity index (χ1v) is 7.09. The van der Waals surface area contributed by atoms with Crippen molar-refractivity contribution in [2.24, 2.45) is 0 Å². The summed E-state index contributed by atoms with van der Waals surface area (Å²) < 4.78 is 0. The summed E-state index contributed by atoms with van der Waals surface area (Å²) in [5.41, 5.74) is 1.54. The molecule has 1 aromatic carbocycles. The monoisotopic (exact) mass is 309 g/mol. The Morgan fingerprint density at radius 2 is 1.95 bits per heavy atom. The Balaban J connectivity index is 1.76. The van der Waals surface area contributed by atoms with Gasteiger partial charge < -0.3 is 5.32 Å². The Morgan fingerprint density at radius 1 is 1.25 bits per heavy atom. The highest BCUT2D eigenvalue weighted by molar-refractivity contribution is 6.32. The average Bonchev–Trinajstić information content (AvgIpc) is 3.22. The predicted molar refractivity (Wildman–Crippen MR) is 80.7 cm³/mol. The molecule has 0 aliphatic heterocycles. The van der Waals surface area contributed by atoms with Gasteiger partial charge in [-0.2, -0.15) is 5.10 Å². The number of H-pyrrole nitrogens is 1. The van der Waals surface area contributed by atoms with Crippen molar-refractivity contribution in [1.82, 2.24) is 10.2 Å². The van der Waals surface area contributed by atoms with Gasteiger partial charge in [0.15, 0.2) is 0 Å². The van der Waals surface area contributed by atoms with E-state index in [1.165, 1.54) is 11.8 Å². The molecule has 1 aliphatic carbocycles. The van der Waals surface area contributed by atoms with E-state index in [9.17, 15) is 4.79 Å². The maximum atomic E-state index is 11.4. The second kappa shape index (κ2) is 5.11. The lowest BCUT2D eigenvalue weighted by Gasteiger charge is -2.17. The number of hydrogen-bond acceptors (Lipinski definition) is 3. The summed E-state index contributed by atoms with van der Waals surface area (Å²) in [5.74, 6) is 0. The lowest BCUT2D eigenvalue weighted by Crippen LogP contribution is -2.21. The summed E-state index contributed by atoms with van der Waals surface area (Å²) >= 11 is 11.9. The minimum atomic E-state index is -0.381. The molecule has 1 saturated carbocycles. The molecule has 104 valence electrons. The van der Waals surface area contributed by atoms with Gasteiger partial charge in [0.05, 0.1) is 11.9 Å². The fraction of sp³-hybridized carbons (Fsp3) is 0.286. The number of anilines is 1. The van der Waals surface area contributed by atoms with Gasteiger partial charge in [-0.15, -0.1) is 0 Å². The van der Waals surface area contributed by atoms with Gasteiger partial charge in [-0.05, 0) is 30.5 Å². The highest BCUT2D eigenvalue weighted by atomic mass is 35.5. The summed E-state index contributed by atoms with van der Waals surface area (Å²) in [6.45, 7) is 0.722. The minimum Gasteiger partial charge on any atom is -0.381 e. The van der Waals surface area contributed by atoms with Crippen LogP contribution in [-0.4, -0.2) is 16.7 Å². The van der Waals surface area contributed by atoms with Crippen LogP contribution in [0.5, 0.6) is 0 Å². The molecule has 1 heterocycles. The molecule has 0 saturated heterocycles. The quantitative estimate of drug-likeness (QED) is 0.911. The van der Waals surface area contributed by atoms with Crippen LogP contribution in [0, 0.1) is 0 Å². The Kier molecular flexibility index (Phi) is 3.44. The molecular weight excluding hydrogens is 297 g/mol. The van der Waals surface area contributed by atoms with Crippen LogP contribution < -0.4 is 10.9 Å². The van der Waals surface area contributed by atoms with Crippen LogP contribution in [-0.2, 0) is 5.41 Å². The van der Waals surface area contributed by atoms with E-state index in [0.717, 1.165) is 24.4 Å². The van der Waals surface area contributed by atoms with Gasteiger partial charge in [-0.25, -0.2) is 5.10 Å². The summed E-state index contributed by atoms with van der Waals surface area (Å²) in [5, 5.41) is 10.2. The van der Waals surface area contributed by atoms with Crippen molar-refractivity contribution < 1.29 is 0 Å². The van der Waals surface area contributed by atoms with Crippen molar-refractivity contribution in [1.29, 1.82) is 0 Å². The Hall–Kier alpha value is -1.52. The van der Waals surface area contributed by atoms with Crippen LogP contribution in [0.1, 0.15) is 18.4 Å². The molecule has 6 heteroatoms. The minimum absolute atomic E-state index is 0.108. The van der Waals surface area contributed by atoms with Crippen molar-refractivity contribution >= 4 is 28.9 Å². The highest BCUT2D eigenvalue weighted by Crippen LogP contribution is 2.48. The number of benzene rings is 1. The average molecular weight is 310 g/mol. The van der Waals surface area contributed by atoms with Crippen molar-refractivity contribution in [3.63, 3.8) is 0 Å². The second-order valence-corrected chi connectivity index (χ2v) is 5.88. The van der Waals surface area contributed by atoms with E-state index in [1.807, 2.05) is 12.1 Å². The van der Waals surface area contributed by atoms with Crippen LogP contribution in [0.2, 0.25) is 10.0 Å². The first-order chi connectivity index (χ1) is 9.61. The predicted octanol–water partition coefficient (Wildman–Crippen LogP) is 3.22. The number of nitrogens with zero attached hydrogens (tertiary/aromatic N) is 1. The SMILES string of the molecule is O=c1[nH]ncc(NCC2(c3ccc(Cl)cc3)CC2)c1Cl. The fourth-order valence-electron chi connectivity index (χ4n) is 2.29. The third-order valence-corrected chi connectivity index (χ3v) is 4.35. The van der Waals surface area contributed by atoms with E-state index in [2.05, 4.69) is 27.6 Å². The molecule has 1 aromatic heterocycles. The fourth-order valence-corrected chi connectivity index (χ4v) is 2.58. The molecule has 20 heavy (non-hydrogen) atoms. The molecule has 0 spiro atoms. The van der Waals surface area contributed by atoms with Crippen molar-refractivity contribution in [3.05, 3.63) is 56.4 Å². The highest BCUT2D eigenvalue weighted by Gasteiger charge is 2.44. The largest absolute Gasteiger partial charge is 0.381 e. The zero-order chi connectivity index (χ0) is 14.2. The maximum Gasteiger partial charge on any atom is 0.285 e. The number of halogens is 2. The lowest BCUT2D eigenvalue weighted by atomic mass is 9.96. The first-order valence-electron chi connectivity index (χ1n) is 6.34. The van der Waals surface area contributed by atoms with E-state index < -0.39 is 0 Å². The summed E-state index contributed by atoms with van der Waals surface area (Å²) in [7, 11) is 0. The van der Waals surface area contributed by atoms with E-state index in [1.54, 1.807) is 0 Å². The van der Waals surface area contributed by atoms with Gasteiger partial charge in [-0.3, -0.25) is 4.79 Å². The Bertz CT molecular complexity index is 678. The third-order valence-electron chi connectivity index (χ3n) is 3.72. The van der Waals surface area contributed by atoms with Gasteiger partial charge >= 0.3 is 0 Å². The van der Waals surface area contributed by atoms with E-state index in [-0.39, 0.29) is 16.0 Å². The summed E-state index contributed by atoms with van der Waals surface area (Å²) in [4.78, 5) is 11.4. The Labute approximate surface area is 126 Å². The zero-order valence-corrected chi connectivity index (χ0v) is 12.1. The lowest BCUT2D eigenvalue weighted by molar-refractivity contribution is 0.731. The molecular formula is C14H13Cl2N3O. The number of hydrogen-bond donors (Lipinski definition) is 2. The molecule has 2 N–H and O–H groups in total. The summed E-state index contributed by atoms with van der Waals surface area (Å²) in [6.07, 6.45) is 3.74. The smallest absolute Gasteiger partial charge is 0.285 e. The molecule has 0 amide bonds. The van der Waals surface area contributed by atoms with Gasteiger partial charge in [-0.1, -0.05) is 35.3 Å². The van der Waals surface area contributed by atoms with Gasteiger partial charge in [0.25, 0.3) is 5.56 Å². The van der Waals surface area contributed by atoms with Crippen molar-refractivity contribution in [2.45, 2.75) is 18.3 Å². The zero-order valence-electron chi connectivity index (χ0n) is 10.6. The van der Waals surface area contributed by atoms with Crippen LogP contribution in [0.15, 0.2) is 35.3 Å². The Morgan fingerprint density at radius 3 is 2.60 bits per heavy atom. The molecule has 3 rings (SSSR count).